The normalized spacial score (nSPS) is 45.9. The van der Waals surface area contributed by atoms with Crippen LogP contribution in [0.1, 0.15) is 119 Å². The molecule has 4 fully saturated rings. The maximum Gasteiger partial charge on any atom is 0.306 e. The second-order valence-corrected chi connectivity index (χ2v) is 13.9. The Morgan fingerprint density at radius 3 is 2.35 bits per heavy atom. The average Bonchev–Trinajstić information content (AvgIpc) is 3.02. The number of ether oxygens (including phenoxy) is 1. The molecule has 0 aromatic rings. The van der Waals surface area contributed by atoms with E-state index in [-0.39, 0.29) is 11.6 Å². The fraction of sp³-hybridized carbons (Fsp3) is 0.966. The second kappa shape index (κ2) is 8.35. The van der Waals surface area contributed by atoms with Crippen molar-refractivity contribution in [2.75, 3.05) is 0 Å². The summed E-state index contributed by atoms with van der Waals surface area (Å²) >= 11 is 0. The third-order valence-electron chi connectivity index (χ3n) is 10.9. The summed E-state index contributed by atoms with van der Waals surface area (Å²) in [5, 5.41) is 0. The summed E-state index contributed by atoms with van der Waals surface area (Å²) in [6, 6.07) is 0. The van der Waals surface area contributed by atoms with E-state index in [0.717, 1.165) is 41.9 Å². The highest BCUT2D eigenvalue weighted by Crippen LogP contribution is 2.68. The van der Waals surface area contributed by atoms with E-state index < -0.39 is 0 Å². The van der Waals surface area contributed by atoms with Crippen molar-refractivity contribution < 1.29 is 9.53 Å². The number of carbonyl (C=O) groups excluding carboxylic acids is 1. The molecule has 4 saturated carbocycles. The lowest BCUT2D eigenvalue weighted by molar-refractivity contribution is -0.155. The molecule has 4 rings (SSSR count). The number of hydrogen-bond acceptors (Lipinski definition) is 2. The lowest BCUT2D eigenvalue weighted by Gasteiger charge is -2.61. The minimum Gasteiger partial charge on any atom is -0.460 e. The highest BCUT2D eigenvalue weighted by atomic mass is 16.6. The lowest BCUT2D eigenvalue weighted by atomic mass is 9.44. The summed E-state index contributed by atoms with van der Waals surface area (Å²) in [6.07, 6.45) is 14.7. The third kappa shape index (κ3) is 4.35. The molecule has 0 bridgehead atoms. The van der Waals surface area contributed by atoms with E-state index >= 15 is 0 Å². The first kappa shape index (κ1) is 23.6. The summed E-state index contributed by atoms with van der Waals surface area (Å²) in [5.74, 6) is 6.22. The molecule has 2 nitrogen and oxygen atoms in total. The number of esters is 1. The van der Waals surface area contributed by atoms with Crippen molar-refractivity contribution in [2.24, 2.45) is 52.3 Å². The lowest BCUT2D eigenvalue weighted by Crippen LogP contribution is -2.53. The van der Waals surface area contributed by atoms with Crippen LogP contribution in [-0.4, -0.2) is 11.6 Å². The van der Waals surface area contributed by atoms with Gasteiger partial charge in [-0.1, -0.05) is 34.1 Å². The molecule has 4 aliphatic rings. The third-order valence-corrected chi connectivity index (χ3v) is 10.9. The largest absolute Gasteiger partial charge is 0.460 e. The van der Waals surface area contributed by atoms with Gasteiger partial charge in [-0.25, -0.2) is 0 Å². The first-order valence-corrected chi connectivity index (χ1v) is 13.7. The predicted octanol–water partition coefficient (Wildman–Crippen LogP) is 8.04. The predicted molar refractivity (Wildman–Crippen MR) is 129 cm³/mol. The van der Waals surface area contributed by atoms with Crippen LogP contribution in [-0.2, 0) is 9.53 Å². The van der Waals surface area contributed by atoms with E-state index in [9.17, 15) is 4.79 Å². The summed E-state index contributed by atoms with van der Waals surface area (Å²) in [4.78, 5) is 12.3. The van der Waals surface area contributed by atoms with Crippen molar-refractivity contribution in [3.63, 3.8) is 0 Å². The molecule has 31 heavy (non-hydrogen) atoms. The van der Waals surface area contributed by atoms with E-state index in [4.69, 9.17) is 4.74 Å². The zero-order valence-electron chi connectivity index (χ0n) is 21.6. The zero-order chi connectivity index (χ0) is 22.6. The average molecular weight is 431 g/mol. The van der Waals surface area contributed by atoms with Gasteiger partial charge in [0.25, 0.3) is 0 Å². The molecular formula is C29H50O2. The molecular weight excluding hydrogens is 380 g/mol. The van der Waals surface area contributed by atoms with Gasteiger partial charge in [0, 0.05) is 6.42 Å². The Hall–Kier alpha value is -0.530. The molecule has 0 N–H and O–H groups in total. The van der Waals surface area contributed by atoms with E-state index in [2.05, 4.69) is 27.7 Å². The van der Waals surface area contributed by atoms with Crippen LogP contribution in [0.3, 0.4) is 0 Å². The van der Waals surface area contributed by atoms with Gasteiger partial charge in [0.15, 0.2) is 0 Å². The molecule has 0 amide bonds. The van der Waals surface area contributed by atoms with Crippen LogP contribution in [0.2, 0.25) is 0 Å². The summed E-state index contributed by atoms with van der Waals surface area (Å²) in [7, 11) is 0. The molecule has 0 radical (unpaired) electrons. The Bertz CT molecular complexity index is 662. The number of carbonyl (C=O) groups is 1. The van der Waals surface area contributed by atoms with E-state index in [0.29, 0.717) is 23.2 Å². The SMILES string of the molecule is CC1CCC2(C)C(CCC3C2CCC2(C)C(C(C)CCC(=O)OC(C)(C)C)CCC32)C1. The molecule has 9 unspecified atom stereocenters. The Balaban J connectivity index is 1.42. The van der Waals surface area contributed by atoms with Crippen LogP contribution < -0.4 is 0 Å². The molecule has 0 saturated heterocycles. The van der Waals surface area contributed by atoms with Gasteiger partial charge in [-0.15, -0.1) is 0 Å². The first-order chi connectivity index (χ1) is 14.4. The number of rotatable bonds is 4. The van der Waals surface area contributed by atoms with Gasteiger partial charge >= 0.3 is 5.97 Å². The molecule has 0 spiro atoms. The van der Waals surface area contributed by atoms with Crippen LogP contribution in [0.4, 0.5) is 0 Å². The van der Waals surface area contributed by atoms with Gasteiger partial charge < -0.3 is 4.74 Å². The maximum absolute atomic E-state index is 12.3. The molecule has 0 heterocycles. The van der Waals surface area contributed by atoms with Gasteiger partial charge in [0.05, 0.1) is 0 Å². The number of hydrogen-bond donors (Lipinski definition) is 0. The molecule has 4 aliphatic carbocycles. The monoisotopic (exact) mass is 430 g/mol. The Kier molecular flexibility index (Phi) is 6.37. The van der Waals surface area contributed by atoms with Gasteiger partial charge in [-0.3, -0.25) is 4.79 Å². The standard InChI is InChI=1S/C29H50O2/c1-19-14-16-28(6)21(18-19)9-10-22-24-12-11-23(29(24,7)17-15-25(22)28)20(2)8-13-26(30)31-27(3,4)5/h19-25H,8-18H2,1-7H3. The van der Waals surface area contributed by atoms with Crippen LogP contribution in [0.15, 0.2) is 0 Å². The van der Waals surface area contributed by atoms with E-state index in [1.165, 1.54) is 57.8 Å². The summed E-state index contributed by atoms with van der Waals surface area (Å²) in [5.41, 5.74) is 0.756. The molecule has 2 heteroatoms. The van der Waals surface area contributed by atoms with Crippen LogP contribution in [0.25, 0.3) is 0 Å². The Morgan fingerprint density at radius 1 is 0.968 bits per heavy atom. The minimum atomic E-state index is -0.366. The fourth-order valence-electron chi connectivity index (χ4n) is 9.39. The smallest absolute Gasteiger partial charge is 0.306 e. The van der Waals surface area contributed by atoms with Crippen molar-refractivity contribution >= 4 is 5.97 Å². The molecule has 0 aromatic heterocycles. The van der Waals surface area contributed by atoms with Crippen molar-refractivity contribution in [3.8, 4) is 0 Å². The van der Waals surface area contributed by atoms with E-state index in [1.807, 2.05) is 20.8 Å². The molecule has 9 atom stereocenters. The minimum absolute atomic E-state index is 0.0134. The summed E-state index contributed by atoms with van der Waals surface area (Å²) < 4.78 is 5.58. The topological polar surface area (TPSA) is 26.3 Å². The van der Waals surface area contributed by atoms with E-state index in [1.54, 1.807) is 0 Å². The zero-order valence-corrected chi connectivity index (χ0v) is 21.6. The van der Waals surface area contributed by atoms with Crippen molar-refractivity contribution in [1.29, 1.82) is 0 Å². The molecule has 178 valence electrons. The Labute approximate surface area is 192 Å². The molecule has 0 aliphatic heterocycles. The van der Waals surface area contributed by atoms with Crippen molar-refractivity contribution in [3.05, 3.63) is 0 Å². The van der Waals surface area contributed by atoms with Crippen LogP contribution >= 0.6 is 0 Å². The highest BCUT2D eigenvalue weighted by Gasteiger charge is 2.60. The van der Waals surface area contributed by atoms with Gasteiger partial charge in [-0.05, 0) is 131 Å². The highest BCUT2D eigenvalue weighted by molar-refractivity contribution is 5.69. The van der Waals surface area contributed by atoms with Gasteiger partial charge in [0.2, 0.25) is 0 Å². The van der Waals surface area contributed by atoms with Crippen molar-refractivity contribution in [1.82, 2.24) is 0 Å². The van der Waals surface area contributed by atoms with Gasteiger partial charge in [-0.2, -0.15) is 0 Å². The van der Waals surface area contributed by atoms with Crippen molar-refractivity contribution in [2.45, 2.75) is 125 Å². The Morgan fingerprint density at radius 2 is 1.65 bits per heavy atom. The quantitative estimate of drug-likeness (QED) is 0.422. The van der Waals surface area contributed by atoms with Crippen LogP contribution in [0.5, 0.6) is 0 Å². The summed E-state index contributed by atoms with van der Waals surface area (Å²) in [6.45, 7) is 16.2. The first-order valence-electron chi connectivity index (χ1n) is 13.7. The second-order valence-electron chi connectivity index (χ2n) is 13.9. The fourth-order valence-corrected chi connectivity index (χ4v) is 9.39. The van der Waals surface area contributed by atoms with Gasteiger partial charge in [0.1, 0.15) is 5.60 Å². The number of fused-ring (bicyclic) bond motifs is 5. The van der Waals surface area contributed by atoms with Crippen LogP contribution in [0, 0.1) is 52.3 Å². The molecule has 0 aromatic carbocycles. The maximum atomic E-state index is 12.3.